The Bertz CT molecular complexity index is 702. The Labute approximate surface area is 117 Å². The standard InChI is InChI=1S/C10H16N2O6S2/c1-7-9(20(11,16)17)6-8(18-7)10(13)12-4-3-5-19(2,14)15/h6H,3-5H2,1-2H3,(H,12,13)(H2,11,16,17). The zero-order valence-electron chi connectivity index (χ0n) is 11.0. The molecule has 0 saturated heterocycles. The highest BCUT2D eigenvalue weighted by atomic mass is 32.2. The first-order valence-electron chi connectivity index (χ1n) is 5.60. The van der Waals surface area contributed by atoms with Crippen LogP contribution in [0.5, 0.6) is 0 Å². The summed E-state index contributed by atoms with van der Waals surface area (Å²) in [6, 6.07) is 1.04. The number of sulfone groups is 1. The fourth-order valence-corrected chi connectivity index (χ4v) is 2.87. The van der Waals surface area contributed by atoms with Crippen LogP contribution in [-0.2, 0) is 19.9 Å². The van der Waals surface area contributed by atoms with E-state index in [0.29, 0.717) is 0 Å². The monoisotopic (exact) mass is 324 g/mol. The third-order valence-electron chi connectivity index (χ3n) is 2.38. The number of carbonyl (C=O) groups is 1. The number of rotatable bonds is 6. The number of nitrogens with two attached hydrogens (primary N) is 1. The molecule has 8 nitrogen and oxygen atoms in total. The number of primary sulfonamides is 1. The zero-order chi connectivity index (χ0) is 15.6. The first-order chi connectivity index (χ1) is 9.00. The second-order valence-electron chi connectivity index (χ2n) is 4.32. The second kappa shape index (κ2) is 5.94. The fraction of sp³-hybridized carbons (Fsp3) is 0.500. The summed E-state index contributed by atoms with van der Waals surface area (Å²) in [5.41, 5.74) is 0. The maximum Gasteiger partial charge on any atom is 0.287 e. The summed E-state index contributed by atoms with van der Waals surface area (Å²) in [5.74, 6) is -0.844. The number of hydrogen-bond acceptors (Lipinski definition) is 6. The first kappa shape index (κ1) is 16.7. The van der Waals surface area contributed by atoms with E-state index in [1.807, 2.05) is 0 Å². The molecule has 114 valence electrons. The maximum atomic E-state index is 11.7. The Morgan fingerprint density at radius 2 is 1.95 bits per heavy atom. The van der Waals surface area contributed by atoms with Gasteiger partial charge in [-0.05, 0) is 13.3 Å². The average molecular weight is 324 g/mol. The zero-order valence-corrected chi connectivity index (χ0v) is 12.7. The van der Waals surface area contributed by atoms with Gasteiger partial charge in [0.2, 0.25) is 10.0 Å². The van der Waals surface area contributed by atoms with E-state index in [1.54, 1.807) is 0 Å². The van der Waals surface area contributed by atoms with Gasteiger partial charge in [-0.15, -0.1) is 0 Å². The molecule has 0 aliphatic carbocycles. The molecule has 1 rings (SSSR count). The summed E-state index contributed by atoms with van der Waals surface area (Å²) in [7, 11) is -7.02. The minimum atomic E-state index is -3.94. The van der Waals surface area contributed by atoms with Crippen LogP contribution in [0.25, 0.3) is 0 Å². The van der Waals surface area contributed by atoms with Crippen molar-refractivity contribution < 1.29 is 26.0 Å². The van der Waals surface area contributed by atoms with Crippen molar-refractivity contribution in [3.05, 3.63) is 17.6 Å². The normalized spacial score (nSPS) is 12.3. The van der Waals surface area contributed by atoms with Gasteiger partial charge < -0.3 is 9.73 Å². The molecule has 20 heavy (non-hydrogen) atoms. The van der Waals surface area contributed by atoms with Gasteiger partial charge in [-0.2, -0.15) is 0 Å². The van der Waals surface area contributed by atoms with E-state index in [9.17, 15) is 21.6 Å². The predicted octanol–water partition coefficient (Wildman–Crippen LogP) is -0.600. The van der Waals surface area contributed by atoms with Gasteiger partial charge in [0, 0.05) is 18.9 Å². The van der Waals surface area contributed by atoms with Crippen molar-refractivity contribution in [3.63, 3.8) is 0 Å². The molecule has 1 aromatic heterocycles. The van der Waals surface area contributed by atoms with Crippen LogP contribution in [0.1, 0.15) is 22.7 Å². The van der Waals surface area contributed by atoms with Gasteiger partial charge in [0.25, 0.3) is 5.91 Å². The number of aryl methyl sites for hydroxylation is 1. The highest BCUT2D eigenvalue weighted by Crippen LogP contribution is 2.18. The first-order valence-corrected chi connectivity index (χ1v) is 9.20. The second-order valence-corrected chi connectivity index (χ2v) is 8.11. The van der Waals surface area contributed by atoms with E-state index < -0.39 is 25.8 Å². The average Bonchev–Trinajstić information content (AvgIpc) is 2.65. The largest absolute Gasteiger partial charge is 0.455 e. The molecule has 3 N–H and O–H groups in total. The molecule has 0 atom stereocenters. The molecule has 1 heterocycles. The van der Waals surface area contributed by atoms with Crippen LogP contribution in [0.15, 0.2) is 15.4 Å². The lowest BCUT2D eigenvalue weighted by Crippen LogP contribution is -2.25. The lowest BCUT2D eigenvalue weighted by atomic mass is 10.4. The van der Waals surface area contributed by atoms with Crippen molar-refractivity contribution in [3.8, 4) is 0 Å². The van der Waals surface area contributed by atoms with Crippen LogP contribution in [0.2, 0.25) is 0 Å². The summed E-state index contributed by atoms with van der Waals surface area (Å²) in [6.07, 6.45) is 1.36. The summed E-state index contributed by atoms with van der Waals surface area (Å²) < 4.78 is 49.2. The van der Waals surface area contributed by atoms with E-state index in [4.69, 9.17) is 9.56 Å². The number of hydrogen-bond donors (Lipinski definition) is 2. The van der Waals surface area contributed by atoms with Gasteiger partial charge >= 0.3 is 0 Å². The Morgan fingerprint density at radius 3 is 2.40 bits per heavy atom. The molecule has 0 bridgehead atoms. The van der Waals surface area contributed by atoms with E-state index in [2.05, 4.69) is 5.32 Å². The van der Waals surface area contributed by atoms with Gasteiger partial charge in [-0.1, -0.05) is 0 Å². The van der Waals surface area contributed by atoms with E-state index in [0.717, 1.165) is 12.3 Å². The third-order valence-corrected chi connectivity index (χ3v) is 4.43. The molecular formula is C10H16N2O6S2. The lowest BCUT2D eigenvalue weighted by Gasteiger charge is -2.01. The van der Waals surface area contributed by atoms with Crippen LogP contribution in [0.4, 0.5) is 0 Å². The number of nitrogens with one attached hydrogen (secondary N) is 1. The van der Waals surface area contributed by atoms with Crippen molar-refractivity contribution >= 4 is 25.8 Å². The third kappa shape index (κ3) is 4.94. The van der Waals surface area contributed by atoms with Crippen LogP contribution in [0, 0.1) is 6.92 Å². The van der Waals surface area contributed by atoms with Crippen molar-refractivity contribution in [2.75, 3.05) is 18.6 Å². The minimum Gasteiger partial charge on any atom is -0.455 e. The SMILES string of the molecule is Cc1oc(C(=O)NCCCS(C)(=O)=O)cc1S(N)(=O)=O. The Morgan fingerprint density at radius 1 is 1.35 bits per heavy atom. The van der Waals surface area contributed by atoms with Crippen molar-refractivity contribution in [1.82, 2.24) is 5.32 Å². The molecule has 0 aliphatic heterocycles. The number of carbonyl (C=O) groups excluding carboxylic acids is 1. The smallest absolute Gasteiger partial charge is 0.287 e. The fourth-order valence-electron chi connectivity index (χ4n) is 1.48. The lowest BCUT2D eigenvalue weighted by molar-refractivity contribution is 0.0924. The van der Waals surface area contributed by atoms with Gasteiger partial charge in [0.05, 0.1) is 5.75 Å². The van der Waals surface area contributed by atoms with Gasteiger partial charge in [0.1, 0.15) is 20.5 Å². The summed E-state index contributed by atoms with van der Waals surface area (Å²) >= 11 is 0. The van der Waals surface area contributed by atoms with E-state index in [-0.39, 0.29) is 35.1 Å². The van der Waals surface area contributed by atoms with Crippen molar-refractivity contribution in [2.24, 2.45) is 5.14 Å². The van der Waals surface area contributed by atoms with Crippen molar-refractivity contribution in [1.29, 1.82) is 0 Å². The Balaban J connectivity index is 2.66. The molecule has 0 aromatic carbocycles. The molecule has 0 spiro atoms. The van der Waals surface area contributed by atoms with Gasteiger partial charge in [-0.3, -0.25) is 4.79 Å². The molecule has 10 heteroatoms. The summed E-state index contributed by atoms with van der Waals surface area (Å²) in [4.78, 5) is 11.4. The quantitative estimate of drug-likeness (QED) is 0.670. The van der Waals surface area contributed by atoms with Gasteiger partial charge in [0.15, 0.2) is 5.76 Å². The highest BCUT2D eigenvalue weighted by Gasteiger charge is 2.20. The molecule has 0 aliphatic rings. The highest BCUT2D eigenvalue weighted by molar-refractivity contribution is 7.90. The predicted molar refractivity (Wildman–Crippen MR) is 71.5 cm³/mol. The minimum absolute atomic E-state index is 0.0220. The molecule has 0 unspecified atom stereocenters. The molecule has 1 amide bonds. The van der Waals surface area contributed by atoms with E-state index >= 15 is 0 Å². The molecule has 0 fully saturated rings. The number of sulfonamides is 1. The summed E-state index contributed by atoms with van der Waals surface area (Å²) in [5, 5.41) is 7.39. The van der Waals surface area contributed by atoms with Crippen LogP contribution in [0.3, 0.4) is 0 Å². The number of amides is 1. The van der Waals surface area contributed by atoms with E-state index in [1.165, 1.54) is 6.92 Å². The van der Waals surface area contributed by atoms with Crippen molar-refractivity contribution in [2.45, 2.75) is 18.2 Å². The topological polar surface area (TPSA) is 137 Å². The number of furan rings is 1. The molecule has 1 aromatic rings. The maximum absolute atomic E-state index is 11.7. The van der Waals surface area contributed by atoms with Crippen LogP contribution < -0.4 is 10.5 Å². The van der Waals surface area contributed by atoms with Crippen LogP contribution >= 0.6 is 0 Å². The molecular weight excluding hydrogens is 308 g/mol. The Hall–Kier alpha value is -1.39. The van der Waals surface area contributed by atoms with Gasteiger partial charge in [-0.25, -0.2) is 22.0 Å². The summed E-state index contributed by atoms with van der Waals surface area (Å²) in [6.45, 7) is 1.51. The Kier molecular flexibility index (Phi) is 4.95. The molecule has 0 saturated carbocycles. The molecule has 0 radical (unpaired) electrons. The van der Waals surface area contributed by atoms with Crippen LogP contribution in [-0.4, -0.2) is 41.3 Å².